The number of benzene rings is 5. The van der Waals surface area contributed by atoms with E-state index >= 15 is 0 Å². The molecule has 1 atom stereocenters. The predicted molar refractivity (Wildman–Crippen MR) is 197 cm³/mol. The van der Waals surface area contributed by atoms with Gasteiger partial charge in [0.2, 0.25) is 0 Å². The fourth-order valence-corrected chi connectivity index (χ4v) is 6.75. The Morgan fingerprint density at radius 1 is 0.617 bits per heavy atom. The van der Waals surface area contributed by atoms with Crippen molar-refractivity contribution in [2.45, 2.75) is 18.9 Å². The molecule has 5 aromatic carbocycles. The Kier molecular flexibility index (Phi) is 7.64. The number of hydrogen-bond donors (Lipinski definition) is 0. The molecule has 8 rings (SSSR count). The summed E-state index contributed by atoms with van der Waals surface area (Å²) in [5, 5.41) is 2.52. The normalized spacial score (nSPS) is 16.3. The number of hydrogen-bond acceptors (Lipinski definition) is 3. The molecule has 1 unspecified atom stereocenters. The average molecular weight is 606 g/mol. The van der Waals surface area contributed by atoms with Crippen LogP contribution in [-0.4, -0.2) is 22.8 Å². The van der Waals surface area contributed by atoms with E-state index in [0.717, 1.165) is 41.1 Å². The Labute approximate surface area is 276 Å². The SMILES string of the molecule is CN1C(C2=CC(c3ccc4ccccc4c3)=CCC2)=NC(c2ccc(-c3cccnc3)cc2)=CC1c1cccc(-c2ccccc2)c1. The largest absolute Gasteiger partial charge is 0.349 e. The monoisotopic (exact) mass is 605 g/mol. The molecular formula is C44H35N3. The van der Waals surface area contributed by atoms with Crippen molar-refractivity contribution < 1.29 is 0 Å². The van der Waals surface area contributed by atoms with Crippen LogP contribution in [0.25, 0.3) is 44.3 Å². The molecule has 0 fully saturated rings. The second-order valence-corrected chi connectivity index (χ2v) is 12.3. The molecule has 3 heteroatoms. The minimum absolute atomic E-state index is 0.0232. The standard InChI is InChI=1S/C44H35N3/c1-47-43(39-16-7-14-36(27-39)31-10-3-2-4-11-31)29-42(34-22-19-33(20-23-34)41-18-9-25-45-30-41)46-44(47)40-17-8-15-37(28-40)38-24-21-32-12-5-6-13-35(32)26-38/h2-7,9-16,18-30,43H,8,17H2,1H3. The molecule has 226 valence electrons. The van der Waals surface area contributed by atoms with Gasteiger partial charge in [-0.15, -0.1) is 0 Å². The molecule has 1 aliphatic carbocycles. The Balaban J connectivity index is 1.20. The lowest BCUT2D eigenvalue weighted by Crippen LogP contribution is -2.34. The van der Waals surface area contributed by atoms with E-state index in [2.05, 4.69) is 163 Å². The fraction of sp³-hybridized carbons (Fsp3) is 0.0909. The highest BCUT2D eigenvalue weighted by Crippen LogP contribution is 2.37. The van der Waals surface area contributed by atoms with Crippen molar-refractivity contribution in [2.75, 3.05) is 7.05 Å². The first-order chi connectivity index (χ1) is 23.2. The lowest BCUT2D eigenvalue weighted by molar-refractivity contribution is 0.433. The first kappa shape index (κ1) is 28.7. The zero-order valence-electron chi connectivity index (χ0n) is 26.4. The maximum atomic E-state index is 5.39. The van der Waals surface area contributed by atoms with Crippen LogP contribution in [0.4, 0.5) is 0 Å². The number of aromatic nitrogens is 1. The highest BCUT2D eigenvalue weighted by Gasteiger charge is 2.27. The third kappa shape index (κ3) is 5.84. The van der Waals surface area contributed by atoms with Crippen molar-refractivity contribution in [1.29, 1.82) is 0 Å². The highest BCUT2D eigenvalue weighted by molar-refractivity contribution is 6.05. The van der Waals surface area contributed by atoms with Crippen LogP contribution in [-0.2, 0) is 0 Å². The molecule has 0 bridgehead atoms. The quantitative estimate of drug-likeness (QED) is 0.189. The summed E-state index contributed by atoms with van der Waals surface area (Å²) in [7, 11) is 2.19. The molecule has 1 aromatic heterocycles. The summed E-state index contributed by atoms with van der Waals surface area (Å²) in [5.41, 5.74) is 11.8. The van der Waals surface area contributed by atoms with Crippen molar-refractivity contribution in [3.8, 4) is 22.3 Å². The van der Waals surface area contributed by atoms with Crippen LogP contribution in [0.15, 0.2) is 175 Å². The van der Waals surface area contributed by atoms with Crippen molar-refractivity contribution in [3.63, 3.8) is 0 Å². The van der Waals surface area contributed by atoms with Crippen LogP contribution in [0.2, 0.25) is 0 Å². The van der Waals surface area contributed by atoms with Crippen LogP contribution in [0.1, 0.15) is 35.6 Å². The maximum absolute atomic E-state index is 5.39. The van der Waals surface area contributed by atoms with E-state index in [9.17, 15) is 0 Å². The zero-order chi connectivity index (χ0) is 31.6. The predicted octanol–water partition coefficient (Wildman–Crippen LogP) is 10.8. The number of rotatable bonds is 6. The molecule has 0 saturated carbocycles. The molecule has 0 N–H and O–H groups in total. The van der Waals surface area contributed by atoms with E-state index in [1.54, 1.807) is 0 Å². The lowest BCUT2D eigenvalue weighted by atomic mass is 9.90. The molecule has 0 spiro atoms. The van der Waals surface area contributed by atoms with Gasteiger partial charge in [-0.05, 0) is 104 Å². The molecule has 0 saturated heterocycles. The van der Waals surface area contributed by atoms with Gasteiger partial charge in [0, 0.05) is 19.4 Å². The van der Waals surface area contributed by atoms with E-state index in [1.165, 1.54) is 44.2 Å². The first-order valence-electron chi connectivity index (χ1n) is 16.3. The van der Waals surface area contributed by atoms with E-state index in [1.807, 2.05) is 18.5 Å². The number of allylic oxidation sites excluding steroid dienone is 3. The molecule has 1 aliphatic heterocycles. The molecule has 6 aromatic rings. The molecule has 0 radical (unpaired) electrons. The summed E-state index contributed by atoms with van der Waals surface area (Å²) >= 11 is 0. The smallest absolute Gasteiger partial charge is 0.132 e. The van der Waals surface area contributed by atoms with E-state index in [0.29, 0.717) is 0 Å². The van der Waals surface area contributed by atoms with E-state index in [-0.39, 0.29) is 6.04 Å². The van der Waals surface area contributed by atoms with Crippen LogP contribution >= 0.6 is 0 Å². The molecular weight excluding hydrogens is 571 g/mol. The van der Waals surface area contributed by atoms with Gasteiger partial charge in [-0.3, -0.25) is 4.98 Å². The molecule has 2 heterocycles. The summed E-state index contributed by atoms with van der Waals surface area (Å²) in [4.78, 5) is 12.1. The maximum Gasteiger partial charge on any atom is 0.132 e. The minimum Gasteiger partial charge on any atom is -0.349 e. The fourth-order valence-electron chi connectivity index (χ4n) is 6.75. The van der Waals surface area contributed by atoms with Crippen molar-refractivity contribution >= 4 is 27.9 Å². The van der Waals surface area contributed by atoms with Crippen molar-refractivity contribution in [1.82, 2.24) is 9.88 Å². The number of nitrogens with zero attached hydrogens (tertiary/aromatic N) is 3. The van der Waals surface area contributed by atoms with Gasteiger partial charge in [-0.1, -0.05) is 121 Å². The Morgan fingerprint density at radius 2 is 1.34 bits per heavy atom. The first-order valence-corrected chi connectivity index (χ1v) is 16.3. The van der Waals surface area contributed by atoms with Gasteiger partial charge in [-0.2, -0.15) is 0 Å². The van der Waals surface area contributed by atoms with Crippen molar-refractivity contribution in [3.05, 3.63) is 186 Å². The summed E-state index contributed by atoms with van der Waals surface area (Å²) in [6.07, 6.45) is 12.7. The van der Waals surface area contributed by atoms with Gasteiger partial charge in [0.15, 0.2) is 0 Å². The third-order valence-electron chi connectivity index (χ3n) is 9.28. The third-order valence-corrected chi connectivity index (χ3v) is 9.28. The lowest BCUT2D eigenvalue weighted by Gasteiger charge is -2.35. The minimum atomic E-state index is 0.0232. The summed E-state index contributed by atoms with van der Waals surface area (Å²) < 4.78 is 0. The van der Waals surface area contributed by atoms with Gasteiger partial charge >= 0.3 is 0 Å². The topological polar surface area (TPSA) is 28.5 Å². The summed E-state index contributed by atoms with van der Waals surface area (Å²) in [6.45, 7) is 0. The molecule has 2 aliphatic rings. The second kappa shape index (κ2) is 12.5. The van der Waals surface area contributed by atoms with Gasteiger partial charge < -0.3 is 4.90 Å². The Morgan fingerprint density at radius 3 is 2.17 bits per heavy atom. The Bertz CT molecular complexity index is 2190. The van der Waals surface area contributed by atoms with E-state index in [4.69, 9.17) is 4.99 Å². The number of aliphatic imine (C=N–C) groups is 1. The second-order valence-electron chi connectivity index (χ2n) is 12.3. The number of likely N-dealkylation sites (N-methyl/N-ethyl adjacent to an activating group) is 1. The van der Waals surface area contributed by atoms with Gasteiger partial charge in [0.05, 0.1) is 11.7 Å². The molecule has 3 nitrogen and oxygen atoms in total. The molecule has 47 heavy (non-hydrogen) atoms. The van der Waals surface area contributed by atoms with Gasteiger partial charge in [0.1, 0.15) is 5.84 Å². The van der Waals surface area contributed by atoms with Crippen LogP contribution in [0.5, 0.6) is 0 Å². The number of fused-ring (bicyclic) bond motifs is 1. The van der Waals surface area contributed by atoms with Crippen LogP contribution in [0, 0.1) is 0 Å². The highest BCUT2D eigenvalue weighted by atomic mass is 15.2. The number of pyridine rings is 1. The van der Waals surface area contributed by atoms with Crippen LogP contribution < -0.4 is 0 Å². The van der Waals surface area contributed by atoms with Gasteiger partial charge in [0.25, 0.3) is 0 Å². The zero-order valence-corrected chi connectivity index (χ0v) is 26.4. The van der Waals surface area contributed by atoms with Crippen molar-refractivity contribution in [2.24, 2.45) is 4.99 Å². The molecule has 0 amide bonds. The van der Waals surface area contributed by atoms with Gasteiger partial charge in [-0.25, -0.2) is 4.99 Å². The summed E-state index contributed by atoms with van der Waals surface area (Å²) in [5.74, 6) is 1.03. The number of amidine groups is 1. The van der Waals surface area contributed by atoms with Crippen LogP contribution in [0.3, 0.4) is 0 Å². The summed E-state index contributed by atoms with van der Waals surface area (Å²) in [6, 6.07) is 47.7. The average Bonchev–Trinajstić information content (AvgIpc) is 3.15. The van der Waals surface area contributed by atoms with E-state index < -0.39 is 0 Å². The Hall–Kier alpha value is -5.80.